The summed E-state index contributed by atoms with van der Waals surface area (Å²) in [5, 5.41) is 9.62. The van der Waals surface area contributed by atoms with Crippen LogP contribution in [-0.4, -0.2) is 51.6 Å². The molecule has 3 N–H and O–H groups in total. The lowest BCUT2D eigenvalue weighted by atomic mass is 9.87. The van der Waals surface area contributed by atoms with E-state index in [4.69, 9.17) is 10.5 Å². The number of nitrogens with two attached hydrogens (primary N) is 1. The molecule has 2 saturated heterocycles. The van der Waals surface area contributed by atoms with Crippen LogP contribution in [-0.2, 0) is 19.1 Å². The van der Waals surface area contributed by atoms with Gasteiger partial charge in [-0.2, -0.15) is 0 Å². The van der Waals surface area contributed by atoms with E-state index in [1.165, 1.54) is 16.7 Å². The Labute approximate surface area is 171 Å². The number of nitrogens with zero attached hydrogens (tertiary/aromatic N) is 1. The first-order valence-electron chi connectivity index (χ1n) is 9.16. The van der Waals surface area contributed by atoms with Crippen molar-refractivity contribution in [1.29, 1.82) is 0 Å². The highest BCUT2D eigenvalue weighted by atomic mass is 32.2. The van der Waals surface area contributed by atoms with Crippen LogP contribution in [0.1, 0.15) is 17.2 Å². The van der Waals surface area contributed by atoms with Crippen molar-refractivity contribution in [3.8, 4) is 0 Å². The molecular formula is C21H20N2O5S. The molecule has 29 heavy (non-hydrogen) atoms. The number of carbonyl (C=O) groups excluding carboxylic acids is 2. The molecule has 150 valence electrons. The molecule has 2 fully saturated rings. The van der Waals surface area contributed by atoms with Crippen molar-refractivity contribution in [1.82, 2.24) is 4.90 Å². The van der Waals surface area contributed by atoms with Crippen LogP contribution in [0.25, 0.3) is 0 Å². The molecule has 0 saturated carbocycles. The average Bonchev–Trinajstić information content (AvgIpc) is 2.77. The van der Waals surface area contributed by atoms with Gasteiger partial charge in [0.2, 0.25) is 5.91 Å². The second-order valence-electron chi connectivity index (χ2n) is 7.19. The zero-order valence-corrected chi connectivity index (χ0v) is 16.2. The summed E-state index contributed by atoms with van der Waals surface area (Å²) in [5.41, 5.74) is 5.40. The maximum Gasteiger partial charge on any atom is 0.327 e. The number of aliphatic carboxylic acids is 1. The number of rotatable bonds is 5. The van der Waals surface area contributed by atoms with Crippen molar-refractivity contribution in [2.75, 3.05) is 12.3 Å². The van der Waals surface area contributed by atoms with Crippen LogP contribution in [0, 0.1) is 5.41 Å². The molecule has 4 rings (SSSR count). The topological polar surface area (TPSA) is 110 Å². The molecule has 2 aliphatic heterocycles. The summed E-state index contributed by atoms with van der Waals surface area (Å²) in [6, 6.07) is 17.6. The van der Waals surface area contributed by atoms with Crippen molar-refractivity contribution >= 4 is 29.6 Å². The summed E-state index contributed by atoms with van der Waals surface area (Å²) in [5.74, 6) is -2.51. The number of benzene rings is 2. The second-order valence-corrected chi connectivity index (χ2v) is 8.29. The van der Waals surface area contributed by atoms with Crippen LogP contribution >= 0.6 is 11.8 Å². The van der Waals surface area contributed by atoms with Gasteiger partial charge in [0.25, 0.3) is 0 Å². The Bertz CT molecular complexity index is 899. The number of esters is 1. The number of carboxylic acids is 1. The highest BCUT2D eigenvalue weighted by molar-refractivity contribution is 8.00. The third-order valence-corrected chi connectivity index (χ3v) is 6.90. The number of hydrogen-bond donors (Lipinski definition) is 2. The normalized spacial score (nSPS) is 25.9. The summed E-state index contributed by atoms with van der Waals surface area (Å²) in [6.45, 7) is -0.234. The van der Waals surface area contributed by atoms with Crippen molar-refractivity contribution in [2.24, 2.45) is 11.1 Å². The van der Waals surface area contributed by atoms with Crippen LogP contribution in [0.15, 0.2) is 60.7 Å². The smallest absolute Gasteiger partial charge is 0.327 e. The number of thioether (sulfide) groups is 1. The number of fused-ring (bicyclic) bond motifs is 1. The van der Waals surface area contributed by atoms with Gasteiger partial charge in [0.1, 0.15) is 11.4 Å². The highest BCUT2D eigenvalue weighted by Gasteiger charge is 2.60. The van der Waals surface area contributed by atoms with Crippen LogP contribution in [0.4, 0.5) is 0 Å². The third-order valence-electron chi connectivity index (χ3n) is 5.35. The molecule has 2 aliphatic rings. The van der Waals surface area contributed by atoms with Gasteiger partial charge < -0.3 is 20.5 Å². The number of carboxylic acid groups (broad SMARTS) is 1. The second kappa shape index (κ2) is 7.53. The molecule has 2 heterocycles. The largest absolute Gasteiger partial charge is 0.480 e. The molecule has 0 radical (unpaired) electrons. The van der Waals surface area contributed by atoms with Crippen molar-refractivity contribution in [2.45, 2.75) is 17.5 Å². The van der Waals surface area contributed by atoms with Crippen molar-refractivity contribution < 1.29 is 24.2 Å². The number of carbonyl (C=O) groups is 3. The quantitative estimate of drug-likeness (QED) is 0.436. The minimum atomic E-state index is -1.83. The Hall–Kier alpha value is -2.84. The van der Waals surface area contributed by atoms with Crippen LogP contribution in [0.5, 0.6) is 0 Å². The average molecular weight is 412 g/mol. The van der Waals surface area contributed by atoms with Crippen molar-refractivity contribution in [3.63, 3.8) is 0 Å². The first kappa shape index (κ1) is 19.5. The Kier molecular flexibility index (Phi) is 5.06. The summed E-state index contributed by atoms with van der Waals surface area (Å²) in [6.07, 6.45) is -0.752. The molecule has 2 unspecified atom stereocenters. The van der Waals surface area contributed by atoms with E-state index in [9.17, 15) is 19.5 Å². The Morgan fingerprint density at radius 3 is 2.17 bits per heavy atom. The molecule has 2 aromatic rings. The van der Waals surface area contributed by atoms with Gasteiger partial charge in [0.15, 0.2) is 11.5 Å². The van der Waals surface area contributed by atoms with E-state index >= 15 is 0 Å². The van der Waals surface area contributed by atoms with Gasteiger partial charge in [-0.25, -0.2) is 0 Å². The standard InChI is InChI=1S/C21H20N2O5S/c22-15-17(24)23-11-21(19(25)26,12-29-18(15)23)20(27)28-16(13-7-3-1-4-8-13)14-9-5-2-6-10-14/h1-10,15-16,18H,11-12,22H2,(H,25,26)/t15?,18-,21?/m1/s1. The number of amides is 1. The first-order valence-corrected chi connectivity index (χ1v) is 10.2. The lowest BCUT2D eigenvalue weighted by molar-refractivity contribution is -0.174. The molecular weight excluding hydrogens is 392 g/mol. The molecule has 0 aliphatic carbocycles. The molecule has 7 nitrogen and oxygen atoms in total. The zero-order chi connectivity index (χ0) is 20.6. The molecule has 8 heteroatoms. The molecule has 3 atom stereocenters. The molecule has 0 aromatic heterocycles. The van der Waals surface area contributed by atoms with Gasteiger partial charge in [0, 0.05) is 12.3 Å². The molecule has 0 spiro atoms. The SMILES string of the molecule is NC1C(=O)N2CC(C(=O)O)(C(=O)OC(c3ccccc3)c3ccccc3)CS[C@H]12. The lowest BCUT2D eigenvalue weighted by Gasteiger charge is -2.51. The summed E-state index contributed by atoms with van der Waals surface area (Å²) in [4.78, 5) is 38.7. The van der Waals surface area contributed by atoms with Gasteiger partial charge >= 0.3 is 11.9 Å². The van der Waals surface area contributed by atoms with E-state index in [-0.39, 0.29) is 23.6 Å². The Morgan fingerprint density at radius 1 is 1.10 bits per heavy atom. The zero-order valence-electron chi connectivity index (χ0n) is 15.4. The maximum atomic E-state index is 13.2. The third kappa shape index (κ3) is 3.28. The molecule has 2 aromatic carbocycles. The summed E-state index contributed by atoms with van der Waals surface area (Å²) < 4.78 is 5.79. The van der Waals surface area contributed by atoms with Gasteiger partial charge in [-0.3, -0.25) is 14.4 Å². The van der Waals surface area contributed by atoms with Gasteiger partial charge in [-0.05, 0) is 11.1 Å². The van der Waals surface area contributed by atoms with Crippen LogP contribution < -0.4 is 5.73 Å². The van der Waals surface area contributed by atoms with E-state index in [0.29, 0.717) is 0 Å². The van der Waals surface area contributed by atoms with Gasteiger partial charge in [-0.1, -0.05) is 60.7 Å². The van der Waals surface area contributed by atoms with Crippen LogP contribution in [0.2, 0.25) is 0 Å². The van der Waals surface area contributed by atoms with Gasteiger partial charge in [0.05, 0.1) is 0 Å². The minimum absolute atomic E-state index is 0.000384. The van der Waals surface area contributed by atoms with E-state index in [1.54, 1.807) is 0 Å². The van der Waals surface area contributed by atoms with Crippen LogP contribution in [0.3, 0.4) is 0 Å². The molecule has 0 bridgehead atoms. The van der Waals surface area contributed by atoms with E-state index in [2.05, 4.69) is 0 Å². The Balaban J connectivity index is 1.64. The van der Waals surface area contributed by atoms with Crippen molar-refractivity contribution in [3.05, 3.63) is 71.8 Å². The predicted octanol–water partition coefficient (Wildman–Crippen LogP) is 1.63. The van der Waals surface area contributed by atoms with E-state index in [1.807, 2.05) is 60.7 Å². The fraction of sp³-hybridized carbons (Fsp3) is 0.286. The van der Waals surface area contributed by atoms with E-state index < -0.39 is 29.5 Å². The van der Waals surface area contributed by atoms with Gasteiger partial charge in [-0.15, -0.1) is 11.8 Å². The number of hydrogen-bond acceptors (Lipinski definition) is 6. The number of ether oxygens (including phenoxy) is 1. The number of β-lactam (4-membered cyclic amide) rings is 1. The van der Waals surface area contributed by atoms with E-state index in [0.717, 1.165) is 11.1 Å². The predicted molar refractivity (Wildman–Crippen MR) is 107 cm³/mol. The monoisotopic (exact) mass is 412 g/mol. The lowest BCUT2D eigenvalue weighted by Crippen LogP contribution is -2.73. The molecule has 1 amide bonds. The summed E-state index contributed by atoms with van der Waals surface area (Å²) >= 11 is 1.21. The maximum absolute atomic E-state index is 13.2. The fourth-order valence-electron chi connectivity index (χ4n) is 3.62. The minimum Gasteiger partial charge on any atom is -0.480 e. The Morgan fingerprint density at radius 2 is 1.66 bits per heavy atom. The first-order chi connectivity index (χ1) is 13.9. The fourth-order valence-corrected chi connectivity index (χ4v) is 5.09. The highest BCUT2D eigenvalue weighted by Crippen LogP contribution is 2.43. The summed E-state index contributed by atoms with van der Waals surface area (Å²) in [7, 11) is 0.